The number of amides is 1. The van der Waals surface area contributed by atoms with Crippen LogP contribution in [0.3, 0.4) is 0 Å². The van der Waals surface area contributed by atoms with Crippen molar-refractivity contribution in [1.82, 2.24) is 10.3 Å². The highest BCUT2D eigenvalue weighted by Gasteiger charge is 2.12. The summed E-state index contributed by atoms with van der Waals surface area (Å²) in [6.45, 7) is 6.78. The van der Waals surface area contributed by atoms with E-state index in [4.69, 9.17) is 0 Å². The number of carbonyl (C=O) groups is 1. The summed E-state index contributed by atoms with van der Waals surface area (Å²) in [5.41, 5.74) is 0.545. The largest absolute Gasteiger partial charge is 0.394 e. The topological polar surface area (TPSA) is 74.2 Å². The van der Waals surface area contributed by atoms with Gasteiger partial charge in [0.1, 0.15) is 5.82 Å². The molecule has 0 saturated heterocycles. The Hall–Kier alpha value is -1.62. The fourth-order valence-corrected chi connectivity index (χ4v) is 1.57. The Morgan fingerprint density at radius 3 is 2.63 bits per heavy atom. The van der Waals surface area contributed by atoms with E-state index in [0.29, 0.717) is 23.8 Å². The average Bonchev–Trinajstić information content (AvgIpc) is 2.42. The number of rotatable bonds is 7. The van der Waals surface area contributed by atoms with Crippen LogP contribution in [0.15, 0.2) is 18.3 Å². The van der Waals surface area contributed by atoms with Crippen LogP contribution in [0.5, 0.6) is 0 Å². The Morgan fingerprint density at radius 2 is 2.16 bits per heavy atom. The first-order valence-electron chi connectivity index (χ1n) is 6.70. The summed E-state index contributed by atoms with van der Waals surface area (Å²) in [6.07, 6.45) is 2.45. The third-order valence-electron chi connectivity index (χ3n) is 2.90. The molecule has 106 valence electrons. The summed E-state index contributed by atoms with van der Waals surface area (Å²) >= 11 is 0. The molecule has 1 heterocycles. The van der Waals surface area contributed by atoms with E-state index in [1.807, 2.05) is 20.8 Å². The maximum absolute atomic E-state index is 11.7. The summed E-state index contributed by atoms with van der Waals surface area (Å²) in [5.74, 6) is 0.864. The van der Waals surface area contributed by atoms with Crippen molar-refractivity contribution in [1.29, 1.82) is 0 Å². The number of aromatic nitrogens is 1. The second-order valence-electron chi connectivity index (χ2n) is 4.87. The van der Waals surface area contributed by atoms with E-state index in [9.17, 15) is 9.90 Å². The van der Waals surface area contributed by atoms with Crippen molar-refractivity contribution < 1.29 is 9.90 Å². The molecular weight excluding hydrogens is 242 g/mol. The monoisotopic (exact) mass is 265 g/mol. The third-order valence-corrected chi connectivity index (χ3v) is 2.90. The van der Waals surface area contributed by atoms with Gasteiger partial charge in [-0.25, -0.2) is 4.98 Å². The van der Waals surface area contributed by atoms with E-state index >= 15 is 0 Å². The minimum Gasteiger partial charge on any atom is -0.394 e. The SMILES string of the molecule is CCCNC(=O)c1ccc(N[C@H](CO)C(C)C)nc1. The van der Waals surface area contributed by atoms with Gasteiger partial charge in [0.05, 0.1) is 18.2 Å². The maximum atomic E-state index is 11.7. The molecule has 0 radical (unpaired) electrons. The number of carbonyl (C=O) groups excluding carboxylic acids is 1. The molecule has 1 atom stereocenters. The van der Waals surface area contributed by atoms with Gasteiger partial charge in [0, 0.05) is 12.7 Å². The van der Waals surface area contributed by atoms with E-state index in [1.54, 1.807) is 18.3 Å². The molecule has 1 aromatic rings. The summed E-state index contributed by atoms with van der Waals surface area (Å²) < 4.78 is 0. The molecule has 0 aliphatic rings. The fourth-order valence-electron chi connectivity index (χ4n) is 1.57. The van der Waals surface area contributed by atoms with Gasteiger partial charge in [0.25, 0.3) is 5.91 Å². The first-order chi connectivity index (χ1) is 9.08. The van der Waals surface area contributed by atoms with Crippen LogP contribution in [0, 0.1) is 5.92 Å². The number of pyridine rings is 1. The lowest BCUT2D eigenvalue weighted by atomic mass is 10.1. The van der Waals surface area contributed by atoms with Gasteiger partial charge in [0.2, 0.25) is 0 Å². The van der Waals surface area contributed by atoms with Crippen LogP contribution in [0.1, 0.15) is 37.6 Å². The number of hydrogen-bond acceptors (Lipinski definition) is 4. The van der Waals surface area contributed by atoms with Gasteiger partial charge in [-0.15, -0.1) is 0 Å². The second kappa shape index (κ2) is 7.74. The Kier molecular flexibility index (Phi) is 6.29. The first kappa shape index (κ1) is 15.4. The Morgan fingerprint density at radius 1 is 1.42 bits per heavy atom. The number of nitrogens with zero attached hydrogens (tertiary/aromatic N) is 1. The molecule has 0 spiro atoms. The van der Waals surface area contributed by atoms with Crippen LogP contribution in [0.4, 0.5) is 5.82 Å². The van der Waals surface area contributed by atoms with Crippen LogP contribution in [0.2, 0.25) is 0 Å². The number of nitrogens with one attached hydrogen (secondary N) is 2. The van der Waals surface area contributed by atoms with Gasteiger partial charge in [-0.3, -0.25) is 4.79 Å². The molecule has 0 saturated carbocycles. The highest BCUT2D eigenvalue weighted by molar-refractivity contribution is 5.93. The smallest absolute Gasteiger partial charge is 0.252 e. The van der Waals surface area contributed by atoms with Crippen molar-refractivity contribution in [3.8, 4) is 0 Å². The molecule has 0 aliphatic carbocycles. The van der Waals surface area contributed by atoms with Crippen LogP contribution >= 0.6 is 0 Å². The number of anilines is 1. The molecule has 0 unspecified atom stereocenters. The van der Waals surface area contributed by atoms with Gasteiger partial charge in [-0.2, -0.15) is 0 Å². The standard InChI is InChI=1S/C14H23N3O2/c1-4-7-15-14(19)11-5-6-13(16-8-11)17-12(9-18)10(2)3/h5-6,8,10,12,18H,4,7,9H2,1-3H3,(H,15,19)(H,16,17)/t12-/m1/s1. The van der Waals surface area contributed by atoms with Crippen molar-refractivity contribution in [3.63, 3.8) is 0 Å². The molecule has 0 bridgehead atoms. The van der Waals surface area contributed by atoms with E-state index < -0.39 is 0 Å². The molecule has 1 amide bonds. The van der Waals surface area contributed by atoms with Gasteiger partial charge in [-0.05, 0) is 24.5 Å². The molecule has 1 aromatic heterocycles. The van der Waals surface area contributed by atoms with Gasteiger partial charge in [0.15, 0.2) is 0 Å². The van der Waals surface area contributed by atoms with Crippen LogP contribution in [-0.4, -0.2) is 35.2 Å². The molecule has 0 aromatic carbocycles. The lowest BCUT2D eigenvalue weighted by Crippen LogP contribution is -2.30. The van der Waals surface area contributed by atoms with Crippen LogP contribution in [-0.2, 0) is 0 Å². The molecule has 1 rings (SSSR count). The van der Waals surface area contributed by atoms with Crippen molar-refractivity contribution in [2.45, 2.75) is 33.2 Å². The Bertz CT molecular complexity index is 390. The van der Waals surface area contributed by atoms with Crippen molar-refractivity contribution in [2.75, 3.05) is 18.5 Å². The minimum absolute atomic E-state index is 0.0349. The predicted molar refractivity (Wildman–Crippen MR) is 76.2 cm³/mol. The summed E-state index contributed by atoms with van der Waals surface area (Å²) in [5, 5.41) is 15.2. The van der Waals surface area contributed by atoms with E-state index in [0.717, 1.165) is 6.42 Å². The highest BCUT2D eigenvalue weighted by Crippen LogP contribution is 2.10. The summed E-state index contributed by atoms with van der Waals surface area (Å²) in [7, 11) is 0. The quantitative estimate of drug-likeness (QED) is 0.701. The fraction of sp³-hybridized carbons (Fsp3) is 0.571. The van der Waals surface area contributed by atoms with Crippen molar-refractivity contribution >= 4 is 11.7 Å². The zero-order valence-electron chi connectivity index (χ0n) is 11.8. The zero-order valence-corrected chi connectivity index (χ0v) is 11.8. The molecule has 3 N–H and O–H groups in total. The molecule has 5 nitrogen and oxygen atoms in total. The summed E-state index contributed by atoms with van der Waals surface area (Å²) in [4.78, 5) is 15.9. The van der Waals surface area contributed by atoms with Crippen molar-refractivity contribution in [2.24, 2.45) is 5.92 Å². The highest BCUT2D eigenvalue weighted by atomic mass is 16.3. The number of hydrogen-bond donors (Lipinski definition) is 3. The van der Waals surface area contributed by atoms with E-state index in [2.05, 4.69) is 15.6 Å². The van der Waals surface area contributed by atoms with Crippen LogP contribution < -0.4 is 10.6 Å². The minimum atomic E-state index is -0.108. The number of aliphatic hydroxyl groups excluding tert-OH is 1. The van der Waals surface area contributed by atoms with E-state index in [1.165, 1.54) is 0 Å². The third kappa shape index (κ3) is 4.87. The molecule has 19 heavy (non-hydrogen) atoms. The normalized spacial score (nSPS) is 12.3. The van der Waals surface area contributed by atoms with Crippen LogP contribution in [0.25, 0.3) is 0 Å². The van der Waals surface area contributed by atoms with E-state index in [-0.39, 0.29) is 18.6 Å². The maximum Gasteiger partial charge on any atom is 0.252 e. The average molecular weight is 265 g/mol. The van der Waals surface area contributed by atoms with Gasteiger partial charge in [-0.1, -0.05) is 20.8 Å². The van der Waals surface area contributed by atoms with Crippen molar-refractivity contribution in [3.05, 3.63) is 23.9 Å². The second-order valence-corrected chi connectivity index (χ2v) is 4.87. The summed E-state index contributed by atoms with van der Waals surface area (Å²) in [6, 6.07) is 3.45. The first-order valence-corrected chi connectivity index (χ1v) is 6.70. The molecule has 5 heteroatoms. The number of aliphatic hydroxyl groups is 1. The van der Waals surface area contributed by atoms with Gasteiger partial charge < -0.3 is 15.7 Å². The van der Waals surface area contributed by atoms with Gasteiger partial charge >= 0.3 is 0 Å². The predicted octanol–water partition coefficient (Wildman–Crippen LogP) is 1.65. The Balaban J connectivity index is 2.63. The molecule has 0 aliphatic heterocycles. The molecular formula is C14H23N3O2. The lowest BCUT2D eigenvalue weighted by Gasteiger charge is -2.20. The Labute approximate surface area is 114 Å². The molecule has 0 fully saturated rings. The zero-order chi connectivity index (χ0) is 14.3. The lowest BCUT2D eigenvalue weighted by molar-refractivity contribution is 0.0953.